The Morgan fingerprint density at radius 2 is 2.13 bits per heavy atom. The smallest absolute Gasteiger partial charge is 0.191 e. The van der Waals surface area contributed by atoms with Crippen LogP contribution in [0.4, 0.5) is 0 Å². The first kappa shape index (κ1) is 15.8. The van der Waals surface area contributed by atoms with E-state index in [1.165, 1.54) is 10.4 Å². The SMILES string of the molecule is c1coc(CCNC(=NCc2ccsc2)NCc2cccs2)c1. The molecular weight excluding hydrogens is 326 g/mol. The van der Waals surface area contributed by atoms with Crippen LogP contribution in [-0.4, -0.2) is 12.5 Å². The van der Waals surface area contributed by atoms with E-state index < -0.39 is 0 Å². The molecule has 0 aliphatic rings. The molecule has 0 aromatic carbocycles. The van der Waals surface area contributed by atoms with Gasteiger partial charge < -0.3 is 15.1 Å². The van der Waals surface area contributed by atoms with Crippen LogP contribution in [0.1, 0.15) is 16.2 Å². The Hall–Kier alpha value is -2.05. The molecule has 0 fully saturated rings. The quantitative estimate of drug-likeness (QED) is 0.505. The Labute approximate surface area is 143 Å². The van der Waals surface area contributed by atoms with Crippen LogP contribution < -0.4 is 10.6 Å². The molecule has 0 saturated heterocycles. The van der Waals surface area contributed by atoms with E-state index in [1.54, 1.807) is 28.9 Å². The number of hydrogen-bond acceptors (Lipinski definition) is 4. The summed E-state index contributed by atoms with van der Waals surface area (Å²) in [7, 11) is 0. The predicted molar refractivity (Wildman–Crippen MR) is 97.0 cm³/mol. The van der Waals surface area contributed by atoms with Gasteiger partial charge in [0.2, 0.25) is 0 Å². The Morgan fingerprint density at radius 1 is 1.13 bits per heavy atom. The minimum atomic E-state index is 0.685. The van der Waals surface area contributed by atoms with Gasteiger partial charge in [-0.3, -0.25) is 0 Å². The van der Waals surface area contributed by atoms with E-state index in [2.05, 4.69) is 50.0 Å². The number of rotatable bonds is 7. The van der Waals surface area contributed by atoms with Crippen LogP contribution in [0.5, 0.6) is 0 Å². The summed E-state index contributed by atoms with van der Waals surface area (Å²) in [4.78, 5) is 5.95. The molecule has 0 saturated carbocycles. The predicted octanol–water partition coefficient (Wildman–Crippen LogP) is 3.88. The van der Waals surface area contributed by atoms with Gasteiger partial charge in [-0.1, -0.05) is 6.07 Å². The molecule has 0 aliphatic carbocycles. The zero-order chi connectivity index (χ0) is 15.7. The van der Waals surface area contributed by atoms with Gasteiger partial charge in [0.1, 0.15) is 5.76 Å². The van der Waals surface area contributed by atoms with Crippen molar-refractivity contribution >= 4 is 28.6 Å². The van der Waals surface area contributed by atoms with Crippen molar-refractivity contribution in [2.24, 2.45) is 4.99 Å². The molecule has 0 spiro atoms. The number of furan rings is 1. The van der Waals surface area contributed by atoms with E-state index in [9.17, 15) is 0 Å². The highest BCUT2D eigenvalue weighted by Crippen LogP contribution is 2.08. The van der Waals surface area contributed by atoms with Gasteiger partial charge in [-0.25, -0.2) is 4.99 Å². The van der Waals surface area contributed by atoms with Gasteiger partial charge in [-0.15, -0.1) is 11.3 Å². The van der Waals surface area contributed by atoms with Gasteiger partial charge in [-0.2, -0.15) is 11.3 Å². The van der Waals surface area contributed by atoms with Crippen LogP contribution in [0.15, 0.2) is 62.1 Å². The Kier molecular flexibility index (Phi) is 5.88. The molecule has 0 bridgehead atoms. The van der Waals surface area contributed by atoms with E-state index in [4.69, 9.17) is 4.42 Å². The molecule has 3 aromatic heterocycles. The normalized spacial score (nSPS) is 11.6. The maximum Gasteiger partial charge on any atom is 0.191 e. The van der Waals surface area contributed by atoms with Crippen molar-refractivity contribution in [3.05, 3.63) is 68.9 Å². The lowest BCUT2D eigenvalue weighted by Gasteiger charge is -2.11. The van der Waals surface area contributed by atoms with E-state index >= 15 is 0 Å². The van der Waals surface area contributed by atoms with E-state index in [1.807, 2.05) is 12.1 Å². The molecule has 6 heteroatoms. The van der Waals surface area contributed by atoms with Gasteiger partial charge in [0.05, 0.1) is 19.4 Å². The number of thiophene rings is 2. The summed E-state index contributed by atoms with van der Waals surface area (Å²) in [5.41, 5.74) is 1.23. The standard InChI is InChI=1S/C17H19N3OS2/c1-3-15(21-8-1)5-7-18-17(19-11-14-6-10-22-13-14)20-12-16-4-2-9-23-16/h1-4,6,8-10,13H,5,7,11-12H2,(H2,18,19,20). The Bertz CT molecular complexity index is 688. The lowest BCUT2D eigenvalue weighted by molar-refractivity contribution is 0.506. The Morgan fingerprint density at radius 3 is 2.87 bits per heavy atom. The fourth-order valence-electron chi connectivity index (χ4n) is 2.07. The van der Waals surface area contributed by atoms with E-state index in [0.29, 0.717) is 6.54 Å². The number of nitrogens with one attached hydrogen (secondary N) is 2. The average molecular weight is 345 g/mol. The molecule has 0 amide bonds. The zero-order valence-corrected chi connectivity index (χ0v) is 14.3. The average Bonchev–Trinajstić information content (AvgIpc) is 3.33. The van der Waals surface area contributed by atoms with Crippen molar-refractivity contribution in [3.63, 3.8) is 0 Å². The molecule has 0 radical (unpaired) electrons. The molecule has 23 heavy (non-hydrogen) atoms. The van der Waals surface area contributed by atoms with Gasteiger partial charge in [0, 0.05) is 17.8 Å². The number of aliphatic imine (C=N–C) groups is 1. The highest BCUT2D eigenvalue weighted by Gasteiger charge is 2.02. The molecule has 3 aromatic rings. The minimum absolute atomic E-state index is 0.685. The van der Waals surface area contributed by atoms with Crippen molar-refractivity contribution in [1.29, 1.82) is 0 Å². The summed E-state index contributed by atoms with van der Waals surface area (Å²) in [6.45, 7) is 2.26. The zero-order valence-electron chi connectivity index (χ0n) is 12.7. The maximum absolute atomic E-state index is 5.36. The topological polar surface area (TPSA) is 49.6 Å². The van der Waals surface area contributed by atoms with E-state index in [0.717, 1.165) is 31.2 Å². The fraction of sp³-hybridized carbons (Fsp3) is 0.235. The van der Waals surface area contributed by atoms with Crippen molar-refractivity contribution in [1.82, 2.24) is 10.6 Å². The molecule has 0 unspecified atom stereocenters. The van der Waals surface area contributed by atoms with Crippen LogP contribution in [0.2, 0.25) is 0 Å². The number of guanidine groups is 1. The first-order chi connectivity index (χ1) is 11.4. The van der Waals surface area contributed by atoms with Crippen LogP contribution in [-0.2, 0) is 19.5 Å². The van der Waals surface area contributed by atoms with Gasteiger partial charge in [-0.05, 0) is 46.0 Å². The first-order valence-electron chi connectivity index (χ1n) is 7.48. The number of nitrogens with zero attached hydrogens (tertiary/aromatic N) is 1. The molecule has 0 atom stereocenters. The van der Waals surface area contributed by atoms with Crippen LogP contribution in [0, 0.1) is 0 Å². The third-order valence-electron chi connectivity index (χ3n) is 3.25. The summed E-state index contributed by atoms with van der Waals surface area (Å²) < 4.78 is 5.36. The van der Waals surface area contributed by atoms with Crippen molar-refractivity contribution in [2.45, 2.75) is 19.5 Å². The van der Waals surface area contributed by atoms with Crippen molar-refractivity contribution < 1.29 is 4.42 Å². The lowest BCUT2D eigenvalue weighted by atomic mass is 10.3. The molecule has 120 valence electrons. The summed E-state index contributed by atoms with van der Waals surface area (Å²) in [6.07, 6.45) is 2.54. The Balaban J connectivity index is 1.54. The van der Waals surface area contributed by atoms with Crippen molar-refractivity contribution in [3.8, 4) is 0 Å². The lowest BCUT2D eigenvalue weighted by Crippen LogP contribution is -2.37. The van der Waals surface area contributed by atoms with Gasteiger partial charge >= 0.3 is 0 Å². The van der Waals surface area contributed by atoms with Crippen LogP contribution >= 0.6 is 22.7 Å². The highest BCUT2D eigenvalue weighted by molar-refractivity contribution is 7.09. The summed E-state index contributed by atoms with van der Waals surface area (Å²) in [5.74, 6) is 1.81. The van der Waals surface area contributed by atoms with Gasteiger partial charge in [0.15, 0.2) is 5.96 Å². The minimum Gasteiger partial charge on any atom is -0.469 e. The summed E-state index contributed by atoms with van der Waals surface area (Å²) >= 11 is 3.44. The molecule has 3 rings (SSSR count). The van der Waals surface area contributed by atoms with Crippen LogP contribution in [0.25, 0.3) is 0 Å². The maximum atomic E-state index is 5.36. The molecular formula is C17H19N3OS2. The third-order valence-corrected chi connectivity index (χ3v) is 4.86. The number of hydrogen-bond donors (Lipinski definition) is 2. The summed E-state index contributed by atoms with van der Waals surface area (Å²) in [5, 5.41) is 13.0. The second-order valence-electron chi connectivity index (χ2n) is 4.99. The third kappa shape index (κ3) is 5.26. The monoisotopic (exact) mass is 345 g/mol. The molecule has 4 nitrogen and oxygen atoms in total. The molecule has 0 aliphatic heterocycles. The molecule has 3 heterocycles. The second-order valence-corrected chi connectivity index (χ2v) is 6.80. The van der Waals surface area contributed by atoms with Crippen molar-refractivity contribution in [2.75, 3.05) is 6.54 Å². The summed E-state index contributed by atoms with van der Waals surface area (Å²) in [6, 6.07) is 10.2. The highest BCUT2D eigenvalue weighted by atomic mass is 32.1. The molecule has 2 N–H and O–H groups in total. The van der Waals surface area contributed by atoms with Crippen LogP contribution in [0.3, 0.4) is 0 Å². The fourth-order valence-corrected chi connectivity index (χ4v) is 3.37. The van der Waals surface area contributed by atoms with Gasteiger partial charge in [0.25, 0.3) is 0 Å². The largest absolute Gasteiger partial charge is 0.469 e. The second kappa shape index (κ2) is 8.55. The first-order valence-corrected chi connectivity index (χ1v) is 9.30. The van der Waals surface area contributed by atoms with E-state index in [-0.39, 0.29) is 0 Å².